The Kier molecular flexibility index (Phi) is 18.1. The molecule has 6 aromatic rings. The van der Waals surface area contributed by atoms with Gasteiger partial charge in [0.1, 0.15) is 17.7 Å². The van der Waals surface area contributed by atoms with Crippen LogP contribution in [0.1, 0.15) is 98.6 Å². The number of hydrogen-bond acceptors (Lipinski definition) is 10. The van der Waals surface area contributed by atoms with Gasteiger partial charge < -0.3 is 29.7 Å². The highest BCUT2D eigenvalue weighted by molar-refractivity contribution is 7.59. The van der Waals surface area contributed by atoms with Gasteiger partial charge in [-0.15, -0.1) is 0 Å². The molecule has 336 valence electrons. The van der Waals surface area contributed by atoms with E-state index in [1.165, 1.54) is 14.2 Å². The maximum absolute atomic E-state index is 13.9. The summed E-state index contributed by atoms with van der Waals surface area (Å²) in [4.78, 5) is 70.6. The first-order valence-corrected chi connectivity index (χ1v) is 19.7. The molecule has 17 heteroatoms. The molecule has 2 aliphatic heterocycles. The number of nitrogens with one attached hydrogen (secondary N) is 3. The molecule has 0 radical (unpaired) electrons. The smallest absolute Gasteiger partial charge is 0.407 e. The monoisotopic (exact) mass is 905 g/mol. The zero-order valence-corrected chi connectivity index (χ0v) is 36.1. The third-order valence-electron chi connectivity index (χ3n) is 10.7. The zero-order valence-electron chi connectivity index (χ0n) is 34.1. The molecule has 3 N–H and O–H groups in total. The van der Waals surface area contributed by atoms with Crippen molar-refractivity contribution in [2.24, 2.45) is 4.99 Å². The van der Waals surface area contributed by atoms with Crippen LogP contribution in [0.15, 0.2) is 108 Å². The fourth-order valence-corrected chi connectivity index (χ4v) is 7.78. The summed E-state index contributed by atoms with van der Waals surface area (Å²) < 4.78 is 4.81. The van der Waals surface area contributed by atoms with E-state index in [4.69, 9.17) is 19.6 Å². The van der Waals surface area contributed by atoms with Crippen molar-refractivity contribution in [3.8, 4) is 23.2 Å². The second-order valence-corrected chi connectivity index (χ2v) is 14.4. The number of aliphatic imine (C=N–C) groups is 1. The summed E-state index contributed by atoms with van der Waals surface area (Å²) in [6.45, 7) is 1.11. The van der Waals surface area contributed by atoms with Gasteiger partial charge in [0.15, 0.2) is 11.9 Å². The highest BCUT2D eigenvalue weighted by Gasteiger charge is 2.38. The Morgan fingerprint density at radius 3 is 2.05 bits per heavy atom. The molecule has 2 aromatic heterocycles. The van der Waals surface area contributed by atoms with E-state index in [0.717, 1.165) is 64.8 Å². The summed E-state index contributed by atoms with van der Waals surface area (Å²) in [5, 5.41) is 10.2. The number of aromatic nitrogens is 5. The first kappa shape index (κ1) is 50.0. The molecule has 2 fully saturated rings. The number of carbonyl (C=O) groups excluding carboxylic acids is 3. The van der Waals surface area contributed by atoms with E-state index < -0.39 is 18.2 Å². The minimum atomic E-state index is -0.906. The van der Waals surface area contributed by atoms with Crippen molar-refractivity contribution in [1.29, 1.82) is 0 Å². The van der Waals surface area contributed by atoms with Crippen molar-refractivity contribution >= 4 is 62.3 Å². The van der Waals surface area contributed by atoms with Crippen LogP contribution in [0.4, 0.5) is 4.79 Å². The second-order valence-electron chi connectivity index (χ2n) is 14.4. The average Bonchev–Trinajstić information content (AvgIpc) is 4.13. The summed E-state index contributed by atoms with van der Waals surface area (Å²) in [7, 11) is 2.65. The average molecular weight is 906 g/mol. The number of carbonyl (C=O) groups is 3. The molecule has 0 aliphatic carbocycles. The molecule has 2 saturated heterocycles. The number of hydrogen-bond donors (Lipinski definition) is 3. The highest BCUT2D eigenvalue weighted by atomic mass is 32.1. The number of fused-ring (bicyclic) bond motifs is 1. The Hall–Kier alpha value is -6.61. The number of ether oxygens (including phenoxy) is 1. The number of aromatic amines is 2. The first-order valence-electron chi connectivity index (χ1n) is 19.7. The van der Waals surface area contributed by atoms with Crippen LogP contribution < -0.4 is 5.32 Å². The third kappa shape index (κ3) is 11.1. The predicted molar refractivity (Wildman–Crippen MR) is 256 cm³/mol. The van der Waals surface area contributed by atoms with Gasteiger partial charge in [-0.2, -0.15) is 37.0 Å². The van der Waals surface area contributed by atoms with Crippen LogP contribution in [0.5, 0.6) is 0 Å². The minimum Gasteiger partial charge on any atom is -0.453 e. The SMILES string of the molecule is C.C.COOC=N[C@@H](C(=O)N1CCC[C@H]1c1nc2ccc(C#Cc3ccc(-c4n[nH]c([C@@H]5CCCN5C(=O)[C@H](NC(=O)OC)c5ccccc5)n4)cc3)cc2[nH]1)c1ccccc1.S.S. The Morgan fingerprint density at radius 2 is 1.39 bits per heavy atom. The van der Waals surface area contributed by atoms with Crippen LogP contribution in [0, 0.1) is 11.8 Å². The van der Waals surface area contributed by atoms with Crippen molar-refractivity contribution in [3.05, 3.63) is 137 Å². The number of H-pyrrole nitrogens is 2. The zero-order chi connectivity index (χ0) is 41.4. The van der Waals surface area contributed by atoms with E-state index in [-0.39, 0.29) is 65.7 Å². The number of nitrogens with zero attached hydrogens (tertiary/aromatic N) is 6. The van der Waals surface area contributed by atoms with Crippen LogP contribution in [-0.4, -0.2) is 86.6 Å². The maximum Gasteiger partial charge on any atom is 0.407 e. The quantitative estimate of drug-likeness (QED) is 0.0382. The number of imidazole rings is 1. The molecule has 0 unspecified atom stereocenters. The summed E-state index contributed by atoms with van der Waals surface area (Å²) in [5.74, 6) is 7.91. The summed E-state index contributed by atoms with van der Waals surface area (Å²) in [6.07, 6.45) is 3.56. The molecule has 4 aromatic carbocycles. The number of benzene rings is 4. The number of alkyl carbamates (subject to hydrolysis) is 1. The van der Waals surface area contributed by atoms with E-state index >= 15 is 0 Å². The van der Waals surface area contributed by atoms with Crippen LogP contribution in [-0.2, 0) is 24.1 Å². The van der Waals surface area contributed by atoms with Crippen molar-refractivity contribution in [2.45, 2.75) is 64.7 Å². The molecule has 0 bridgehead atoms. The van der Waals surface area contributed by atoms with Gasteiger partial charge in [-0.3, -0.25) is 14.7 Å². The van der Waals surface area contributed by atoms with Crippen LogP contribution in [0.3, 0.4) is 0 Å². The van der Waals surface area contributed by atoms with Gasteiger partial charge in [0, 0.05) is 29.8 Å². The van der Waals surface area contributed by atoms with Crippen molar-refractivity contribution in [2.75, 3.05) is 27.3 Å². The lowest BCUT2D eigenvalue weighted by Crippen LogP contribution is -2.42. The van der Waals surface area contributed by atoms with Crippen molar-refractivity contribution in [1.82, 2.24) is 40.3 Å². The topological polar surface area (TPSA) is 180 Å². The van der Waals surface area contributed by atoms with Crippen molar-refractivity contribution < 1.29 is 28.9 Å². The lowest BCUT2D eigenvalue weighted by Gasteiger charge is -2.28. The Balaban J connectivity index is 0.00000224. The Labute approximate surface area is 387 Å². The van der Waals surface area contributed by atoms with E-state index in [9.17, 15) is 14.4 Å². The van der Waals surface area contributed by atoms with Gasteiger partial charge in [-0.25, -0.2) is 19.8 Å². The van der Waals surface area contributed by atoms with Gasteiger partial charge in [0.2, 0.25) is 6.40 Å². The molecular weight excluding hydrogens is 851 g/mol. The van der Waals surface area contributed by atoms with Crippen LogP contribution in [0.2, 0.25) is 0 Å². The third-order valence-corrected chi connectivity index (χ3v) is 10.7. The molecule has 2 aliphatic rings. The van der Waals surface area contributed by atoms with E-state index in [2.05, 4.69) is 42.2 Å². The largest absolute Gasteiger partial charge is 0.453 e. The summed E-state index contributed by atoms with van der Waals surface area (Å²) in [5.41, 5.74) is 5.44. The lowest BCUT2D eigenvalue weighted by molar-refractivity contribution is -0.188. The van der Waals surface area contributed by atoms with Gasteiger partial charge in [-0.05, 0) is 79.3 Å². The van der Waals surface area contributed by atoms with Crippen molar-refractivity contribution in [3.63, 3.8) is 0 Å². The molecule has 0 spiro atoms. The summed E-state index contributed by atoms with van der Waals surface area (Å²) in [6, 6.07) is 29.7. The lowest BCUT2D eigenvalue weighted by atomic mass is 10.1. The molecular formula is C47H55N9O6S2. The number of amides is 3. The fourth-order valence-electron chi connectivity index (χ4n) is 7.78. The number of likely N-dealkylation sites (tertiary alicyclic amines) is 2. The van der Waals surface area contributed by atoms with E-state index in [1.807, 2.05) is 95.9 Å². The van der Waals surface area contributed by atoms with Crippen LogP contribution >= 0.6 is 27.0 Å². The molecule has 15 nitrogen and oxygen atoms in total. The maximum atomic E-state index is 13.9. The summed E-state index contributed by atoms with van der Waals surface area (Å²) >= 11 is 0. The van der Waals surface area contributed by atoms with Crippen LogP contribution in [0.25, 0.3) is 22.4 Å². The fraction of sp³-hybridized carbons (Fsp3) is 0.298. The first-order chi connectivity index (χ1) is 29.4. The Bertz CT molecular complexity index is 2560. The Morgan fingerprint density at radius 1 is 0.781 bits per heavy atom. The minimum absolute atomic E-state index is 0. The molecule has 3 amide bonds. The molecule has 0 saturated carbocycles. The normalized spacial score (nSPS) is 16.2. The van der Waals surface area contributed by atoms with Gasteiger partial charge in [-0.1, -0.05) is 87.4 Å². The molecule has 4 atom stereocenters. The number of rotatable bonds is 11. The van der Waals surface area contributed by atoms with Gasteiger partial charge in [0.25, 0.3) is 11.8 Å². The standard InChI is InChI=1S/C45H43N9O6.2CH4.2H2S/c1-58-45(57)49-39(32-13-7-4-8-14-32)44(56)54-26-10-16-37(54)42-50-40(51-52-42)33-22-19-29(20-23-33)17-18-30-21-24-34-35(27-30)48-41(47-34)36-15-9-25-53(36)43(55)38(46-28-60-59-2)31-11-5-3-6-12-31;;;;/h3-8,11-14,19-24,27-28,36-39H,9-10,15-16,25-26H2,1-2H3,(H,47,48)(H,49,57)(H,50,51,52);2*1H4;2*1H2/t36-,37-,38+,39+;;;;/m0..../s1. The highest BCUT2D eigenvalue weighted by Crippen LogP contribution is 2.36. The molecule has 64 heavy (non-hydrogen) atoms. The van der Waals surface area contributed by atoms with E-state index in [1.54, 1.807) is 17.0 Å². The number of methoxy groups -OCH3 is 1. The van der Waals surface area contributed by atoms with E-state index in [0.29, 0.717) is 36.7 Å². The predicted octanol–water partition coefficient (Wildman–Crippen LogP) is 8.02. The van der Waals surface area contributed by atoms with Gasteiger partial charge >= 0.3 is 6.09 Å². The second kappa shape index (κ2) is 23.2. The molecule has 4 heterocycles. The van der Waals surface area contributed by atoms with Gasteiger partial charge in [0.05, 0.1) is 37.3 Å². The molecule has 8 rings (SSSR count).